The summed E-state index contributed by atoms with van der Waals surface area (Å²) in [6.45, 7) is 1.42. The lowest BCUT2D eigenvalue weighted by molar-refractivity contribution is -0.114. The first-order chi connectivity index (χ1) is 11.6. The number of carbonyl (C=O) groups excluding carboxylic acids is 2. The van der Waals surface area contributed by atoms with Gasteiger partial charge in [0.2, 0.25) is 5.91 Å². The minimum absolute atomic E-state index is 0.181. The van der Waals surface area contributed by atoms with E-state index >= 15 is 0 Å². The van der Waals surface area contributed by atoms with E-state index in [4.69, 9.17) is 0 Å². The number of H-pyrrole nitrogens is 1. The Kier molecular flexibility index (Phi) is 4.38. The average molecular weight is 320 g/mol. The zero-order valence-electron chi connectivity index (χ0n) is 13.0. The van der Waals surface area contributed by atoms with Crippen LogP contribution in [0.25, 0.3) is 11.3 Å². The predicted octanol–water partition coefficient (Wildman–Crippen LogP) is 3.29. The lowest BCUT2D eigenvalue weighted by Crippen LogP contribution is -2.13. The highest BCUT2D eigenvalue weighted by Gasteiger charge is 2.08. The molecular weight excluding hydrogens is 304 g/mol. The third-order valence-electron chi connectivity index (χ3n) is 3.37. The van der Waals surface area contributed by atoms with E-state index < -0.39 is 0 Å². The molecule has 2 amide bonds. The van der Waals surface area contributed by atoms with Gasteiger partial charge in [0.25, 0.3) is 5.91 Å². The first kappa shape index (κ1) is 15.5. The Morgan fingerprint density at radius 3 is 2.46 bits per heavy atom. The van der Waals surface area contributed by atoms with Gasteiger partial charge in [-0.1, -0.05) is 18.2 Å². The van der Waals surface area contributed by atoms with Gasteiger partial charge in [-0.25, -0.2) is 4.98 Å². The van der Waals surface area contributed by atoms with Gasteiger partial charge in [0.05, 0.1) is 18.2 Å². The van der Waals surface area contributed by atoms with Gasteiger partial charge in [0.15, 0.2) is 0 Å². The molecule has 0 aliphatic rings. The maximum Gasteiger partial charge on any atom is 0.255 e. The summed E-state index contributed by atoms with van der Waals surface area (Å²) in [6.07, 6.45) is 3.33. The van der Waals surface area contributed by atoms with E-state index in [0.717, 1.165) is 11.3 Å². The first-order valence-electron chi connectivity index (χ1n) is 7.39. The molecule has 2 aromatic carbocycles. The molecule has 0 saturated heterocycles. The number of anilines is 2. The van der Waals surface area contributed by atoms with Crippen molar-refractivity contribution in [1.29, 1.82) is 0 Å². The number of nitrogens with zero attached hydrogens (tertiary/aromatic N) is 1. The van der Waals surface area contributed by atoms with Gasteiger partial charge in [-0.3, -0.25) is 9.59 Å². The molecule has 0 radical (unpaired) electrons. The molecular formula is C18H16N4O2. The van der Waals surface area contributed by atoms with Crippen molar-refractivity contribution in [2.75, 3.05) is 10.6 Å². The summed E-state index contributed by atoms with van der Waals surface area (Å²) in [7, 11) is 0. The smallest absolute Gasteiger partial charge is 0.255 e. The van der Waals surface area contributed by atoms with Crippen molar-refractivity contribution in [3.8, 4) is 11.3 Å². The number of aromatic nitrogens is 2. The largest absolute Gasteiger partial charge is 0.345 e. The molecule has 6 nitrogen and oxygen atoms in total. The normalized spacial score (nSPS) is 10.2. The van der Waals surface area contributed by atoms with Crippen LogP contribution in [0.15, 0.2) is 61.1 Å². The van der Waals surface area contributed by atoms with Gasteiger partial charge in [0.1, 0.15) is 0 Å². The molecule has 3 N–H and O–H groups in total. The minimum atomic E-state index is -0.246. The quantitative estimate of drug-likeness (QED) is 0.689. The lowest BCUT2D eigenvalue weighted by atomic mass is 10.1. The van der Waals surface area contributed by atoms with Crippen LogP contribution in [0.2, 0.25) is 0 Å². The summed E-state index contributed by atoms with van der Waals surface area (Å²) in [5.41, 5.74) is 3.53. The monoisotopic (exact) mass is 320 g/mol. The van der Waals surface area contributed by atoms with E-state index in [0.29, 0.717) is 16.9 Å². The first-order valence-corrected chi connectivity index (χ1v) is 7.39. The summed E-state index contributed by atoms with van der Waals surface area (Å²) >= 11 is 0. The van der Waals surface area contributed by atoms with Crippen molar-refractivity contribution in [3.63, 3.8) is 0 Å². The summed E-state index contributed by atoms with van der Waals surface area (Å²) < 4.78 is 0. The maximum absolute atomic E-state index is 12.4. The second kappa shape index (κ2) is 6.78. The number of amides is 2. The van der Waals surface area contributed by atoms with Crippen LogP contribution in [0, 0.1) is 0 Å². The molecule has 1 heterocycles. The number of nitrogens with one attached hydrogen (secondary N) is 3. The van der Waals surface area contributed by atoms with Gasteiger partial charge < -0.3 is 15.6 Å². The van der Waals surface area contributed by atoms with Gasteiger partial charge in [-0.2, -0.15) is 0 Å². The summed E-state index contributed by atoms with van der Waals surface area (Å²) in [4.78, 5) is 30.5. The highest BCUT2D eigenvalue weighted by atomic mass is 16.2. The van der Waals surface area contributed by atoms with E-state index in [1.807, 2.05) is 24.3 Å². The number of rotatable bonds is 4. The topological polar surface area (TPSA) is 86.9 Å². The van der Waals surface area contributed by atoms with Crippen LogP contribution in [0.4, 0.5) is 11.4 Å². The molecule has 0 spiro atoms. The molecule has 24 heavy (non-hydrogen) atoms. The summed E-state index contributed by atoms with van der Waals surface area (Å²) in [6, 6.07) is 14.3. The van der Waals surface area contributed by atoms with Crippen LogP contribution in [0.3, 0.4) is 0 Å². The van der Waals surface area contributed by atoms with Gasteiger partial charge in [0, 0.05) is 29.4 Å². The number of carbonyl (C=O) groups is 2. The minimum Gasteiger partial charge on any atom is -0.345 e. The summed E-state index contributed by atoms with van der Waals surface area (Å²) in [5, 5.41) is 5.52. The van der Waals surface area contributed by atoms with Gasteiger partial charge in [-0.05, 0) is 30.3 Å². The standard InChI is InChI=1S/C18H16N4O2/c1-12(23)21-15-6-3-5-14(9-15)18(24)22-16-7-2-4-13(8-16)17-10-19-11-20-17/h2-11H,1H3,(H,19,20)(H,21,23)(H,22,24). The van der Waals surface area contributed by atoms with E-state index in [9.17, 15) is 9.59 Å². The number of benzene rings is 2. The highest BCUT2D eigenvalue weighted by Crippen LogP contribution is 2.21. The van der Waals surface area contributed by atoms with Gasteiger partial charge in [-0.15, -0.1) is 0 Å². The van der Waals surface area contributed by atoms with Crippen molar-refractivity contribution in [2.45, 2.75) is 6.92 Å². The molecule has 0 saturated carbocycles. The molecule has 3 aromatic rings. The predicted molar refractivity (Wildman–Crippen MR) is 92.7 cm³/mol. The Balaban J connectivity index is 1.78. The van der Waals surface area contributed by atoms with Crippen LogP contribution in [-0.2, 0) is 4.79 Å². The van der Waals surface area contributed by atoms with Crippen molar-refractivity contribution < 1.29 is 9.59 Å². The molecule has 6 heteroatoms. The second-order valence-corrected chi connectivity index (χ2v) is 5.26. The molecule has 0 fully saturated rings. The number of aromatic amines is 1. The number of hydrogen-bond acceptors (Lipinski definition) is 3. The van der Waals surface area contributed by atoms with Crippen LogP contribution in [0.5, 0.6) is 0 Å². The number of hydrogen-bond donors (Lipinski definition) is 3. The molecule has 1 aromatic heterocycles. The molecule has 0 atom stereocenters. The maximum atomic E-state index is 12.4. The van der Waals surface area contributed by atoms with E-state index in [1.165, 1.54) is 6.92 Å². The van der Waals surface area contributed by atoms with Crippen LogP contribution < -0.4 is 10.6 Å². The second-order valence-electron chi connectivity index (χ2n) is 5.26. The van der Waals surface area contributed by atoms with Crippen LogP contribution >= 0.6 is 0 Å². The van der Waals surface area contributed by atoms with Crippen molar-refractivity contribution >= 4 is 23.2 Å². The Morgan fingerprint density at radius 2 is 1.75 bits per heavy atom. The van der Waals surface area contributed by atoms with Crippen molar-refractivity contribution in [3.05, 3.63) is 66.6 Å². The Morgan fingerprint density at radius 1 is 1.00 bits per heavy atom. The van der Waals surface area contributed by atoms with Crippen LogP contribution in [0.1, 0.15) is 17.3 Å². The SMILES string of the molecule is CC(=O)Nc1cccc(C(=O)Nc2cccc(-c3cnc[nH]3)c2)c1. The Hall–Kier alpha value is -3.41. The highest BCUT2D eigenvalue weighted by molar-refractivity contribution is 6.05. The van der Waals surface area contributed by atoms with Crippen molar-refractivity contribution in [2.24, 2.45) is 0 Å². The molecule has 0 aliphatic heterocycles. The lowest BCUT2D eigenvalue weighted by Gasteiger charge is -2.08. The van der Waals surface area contributed by atoms with Crippen molar-refractivity contribution in [1.82, 2.24) is 9.97 Å². The van der Waals surface area contributed by atoms with E-state index in [-0.39, 0.29) is 11.8 Å². The summed E-state index contributed by atoms with van der Waals surface area (Å²) in [5.74, 6) is -0.427. The molecule has 0 unspecified atom stereocenters. The van der Waals surface area contributed by atoms with Crippen LogP contribution in [-0.4, -0.2) is 21.8 Å². The molecule has 0 aliphatic carbocycles. The third kappa shape index (κ3) is 3.67. The molecule has 3 rings (SSSR count). The zero-order chi connectivity index (χ0) is 16.9. The van der Waals surface area contributed by atoms with E-state index in [2.05, 4.69) is 20.6 Å². The number of imidazole rings is 1. The molecule has 120 valence electrons. The third-order valence-corrected chi connectivity index (χ3v) is 3.37. The Labute approximate surface area is 138 Å². The Bertz CT molecular complexity index is 872. The van der Waals surface area contributed by atoms with E-state index in [1.54, 1.807) is 36.8 Å². The fourth-order valence-electron chi connectivity index (χ4n) is 2.32. The fraction of sp³-hybridized carbons (Fsp3) is 0.0556. The van der Waals surface area contributed by atoms with Gasteiger partial charge >= 0.3 is 0 Å². The average Bonchev–Trinajstić information content (AvgIpc) is 3.09. The zero-order valence-corrected chi connectivity index (χ0v) is 13.0. The fourth-order valence-corrected chi connectivity index (χ4v) is 2.32. The molecule has 0 bridgehead atoms.